The van der Waals surface area contributed by atoms with Gasteiger partial charge in [0.25, 0.3) is 5.91 Å². The highest BCUT2D eigenvalue weighted by molar-refractivity contribution is 6.42. The minimum absolute atomic E-state index is 0.157. The second kappa shape index (κ2) is 11.9. The number of likely N-dealkylation sites (N-methyl/N-ethyl adjacent to an activating group) is 1. The number of ether oxygens (including phenoxy) is 1. The smallest absolute Gasteiger partial charge is 0.261 e. The average molecular weight is 506 g/mol. The SMILES string of the molecule is CNC(=O)[C@H](Cc1ccccc1)N(Cc1ccc(Cl)c(Cl)c1)C(=O)COc1ccc(Cl)cc1. The van der Waals surface area contributed by atoms with E-state index in [1.54, 1.807) is 49.5 Å². The summed E-state index contributed by atoms with van der Waals surface area (Å²) in [6, 6.07) is 20.6. The van der Waals surface area contributed by atoms with Gasteiger partial charge in [-0.1, -0.05) is 71.2 Å². The lowest BCUT2D eigenvalue weighted by atomic mass is 10.0. The van der Waals surface area contributed by atoms with E-state index in [1.807, 2.05) is 30.3 Å². The summed E-state index contributed by atoms with van der Waals surface area (Å²) >= 11 is 18.1. The minimum atomic E-state index is -0.756. The molecular formula is C25H23Cl3N2O3. The summed E-state index contributed by atoms with van der Waals surface area (Å²) in [6.07, 6.45) is 0.342. The van der Waals surface area contributed by atoms with Crippen molar-refractivity contribution in [2.45, 2.75) is 19.0 Å². The van der Waals surface area contributed by atoms with Crippen molar-refractivity contribution >= 4 is 46.6 Å². The van der Waals surface area contributed by atoms with Gasteiger partial charge in [-0.15, -0.1) is 0 Å². The third-order valence-electron chi connectivity index (χ3n) is 5.03. The van der Waals surface area contributed by atoms with Crippen molar-refractivity contribution in [3.63, 3.8) is 0 Å². The predicted molar refractivity (Wildman–Crippen MR) is 132 cm³/mol. The Morgan fingerprint density at radius 3 is 2.24 bits per heavy atom. The first-order chi connectivity index (χ1) is 15.9. The van der Waals surface area contributed by atoms with Gasteiger partial charge in [-0.2, -0.15) is 0 Å². The van der Waals surface area contributed by atoms with E-state index >= 15 is 0 Å². The summed E-state index contributed by atoms with van der Waals surface area (Å²) in [5, 5.41) is 4.03. The molecule has 3 rings (SSSR count). The molecular weight excluding hydrogens is 483 g/mol. The van der Waals surface area contributed by atoms with Gasteiger partial charge in [-0.05, 0) is 47.5 Å². The Morgan fingerprint density at radius 1 is 0.909 bits per heavy atom. The molecule has 0 aliphatic rings. The fourth-order valence-electron chi connectivity index (χ4n) is 3.31. The molecule has 0 saturated carbocycles. The third kappa shape index (κ3) is 7.13. The molecule has 0 aromatic heterocycles. The number of carbonyl (C=O) groups excluding carboxylic acids is 2. The van der Waals surface area contributed by atoms with Crippen LogP contribution in [0.2, 0.25) is 15.1 Å². The number of carbonyl (C=O) groups is 2. The molecule has 8 heteroatoms. The largest absolute Gasteiger partial charge is 0.484 e. The first-order valence-electron chi connectivity index (χ1n) is 10.2. The number of amides is 2. The van der Waals surface area contributed by atoms with Gasteiger partial charge in [0.05, 0.1) is 10.0 Å². The number of nitrogens with one attached hydrogen (secondary N) is 1. The van der Waals surface area contributed by atoms with Gasteiger partial charge in [-0.25, -0.2) is 0 Å². The van der Waals surface area contributed by atoms with E-state index < -0.39 is 6.04 Å². The normalized spacial score (nSPS) is 11.5. The molecule has 1 N–H and O–H groups in total. The molecule has 0 radical (unpaired) electrons. The van der Waals surface area contributed by atoms with E-state index in [4.69, 9.17) is 39.5 Å². The average Bonchev–Trinajstić information content (AvgIpc) is 2.83. The predicted octanol–water partition coefficient (Wildman–Crippen LogP) is 5.41. The van der Waals surface area contributed by atoms with Gasteiger partial charge in [-0.3, -0.25) is 9.59 Å². The van der Waals surface area contributed by atoms with E-state index in [-0.39, 0.29) is 25.0 Å². The van der Waals surface area contributed by atoms with Crippen LogP contribution >= 0.6 is 34.8 Å². The number of nitrogens with zero attached hydrogens (tertiary/aromatic N) is 1. The zero-order valence-corrected chi connectivity index (χ0v) is 20.2. The molecule has 172 valence electrons. The molecule has 0 aliphatic heterocycles. The number of rotatable bonds is 9. The lowest BCUT2D eigenvalue weighted by Gasteiger charge is -2.31. The summed E-state index contributed by atoms with van der Waals surface area (Å²) < 4.78 is 5.67. The molecule has 5 nitrogen and oxygen atoms in total. The molecule has 0 spiro atoms. The van der Waals surface area contributed by atoms with Crippen LogP contribution in [0.5, 0.6) is 5.75 Å². The lowest BCUT2D eigenvalue weighted by Crippen LogP contribution is -2.51. The summed E-state index contributed by atoms with van der Waals surface area (Å²) in [4.78, 5) is 27.7. The molecule has 2 amide bonds. The van der Waals surface area contributed by atoms with Gasteiger partial charge in [0, 0.05) is 25.0 Å². The Labute approximate surface area is 208 Å². The minimum Gasteiger partial charge on any atom is -0.484 e. The molecule has 0 fully saturated rings. The van der Waals surface area contributed by atoms with E-state index in [2.05, 4.69) is 5.32 Å². The zero-order chi connectivity index (χ0) is 23.8. The molecule has 0 unspecified atom stereocenters. The fourth-order valence-corrected chi connectivity index (χ4v) is 3.76. The number of halogens is 3. The Kier molecular flexibility index (Phi) is 9.01. The molecule has 3 aromatic carbocycles. The quantitative estimate of drug-likeness (QED) is 0.423. The van der Waals surface area contributed by atoms with Gasteiger partial charge in [0.15, 0.2) is 6.61 Å². The first-order valence-corrected chi connectivity index (χ1v) is 11.4. The van der Waals surface area contributed by atoms with Crippen LogP contribution < -0.4 is 10.1 Å². The van der Waals surface area contributed by atoms with Crippen molar-refractivity contribution in [1.29, 1.82) is 0 Å². The van der Waals surface area contributed by atoms with Crippen LogP contribution in [0.4, 0.5) is 0 Å². The second-order valence-corrected chi connectivity index (χ2v) is 8.58. The van der Waals surface area contributed by atoms with Gasteiger partial charge >= 0.3 is 0 Å². The summed E-state index contributed by atoms with van der Waals surface area (Å²) in [5.74, 6) is -0.124. The maximum absolute atomic E-state index is 13.3. The molecule has 0 heterocycles. The van der Waals surface area contributed by atoms with Crippen LogP contribution in [-0.2, 0) is 22.6 Å². The molecule has 0 saturated heterocycles. The van der Waals surface area contributed by atoms with Crippen molar-refractivity contribution in [2.24, 2.45) is 0 Å². The second-order valence-electron chi connectivity index (χ2n) is 7.33. The highest BCUT2D eigenvalue weighted by Crippen LogP contribution is 2.24. The van der Waals surface area contributed by atoms with Gasteiger partial charge in [0.1, 0.15) is 11.8 Å². The topological polar surface area (TPSA) is 58.6 Å². The van der Waals surface area contributed by atoms with E-state index in [1.165, 1.54) is 4.90 Å². The van der Waals surface area contributed by atoms with Crippen molar-refractivity contribution in [3.05, 3.63) is 99.0 Å². The van der Waals surface area contributed by atoms with E-state index in [0.29, 0.717) is 27.2 Å². The molecule has 0 aliphatic carbocycles. The maximum Gasteiger partial charge on any atom is 0.261 e. The molecule has 0 bridgehead atoms. The molecule has 33 heavy (non-hydrogen) atoms. The highest BCUT2D eigenvalue weighted by Gasteiger charge is 2.30. The van der Waals surface area contributed by atoms with Crippen LogP contribution in [0.3, 0.4) is 0 Å². The Balaban J connectivity index is 1.88. The van der Waals surface area contributed by atoms with Crippen LogP contribution in [0.1, 0.15) is 11.1 Å². The highest BCUT2D eigenvalue weighted by atomic mass is 35.5. The molecule has 3 aromatic rings. The van der Waals surface area contributed by atoms with Crippen LogP contribution in [0, 0.1) is 0 Å². The number of hydrogen-bond donors (Lipinski definition) is 1. The lowest BCUT2D eigenvalue weighted by molar-refractivity contribution is -0.142. The standard InChI is InChI=1S/C25H23Cl3N2O3/c1-29-25(32)23(14-17-5-3-2-4-6-17)30(15-18-7-12-21(27)22(28)13-18)24(31)16-33-20-10-8-19(26)9-11-20/h2-13,23H,14-16H2,1H3,(H,29,32)/t23-/m0/s1. The van der Waals surface area contributed by atoms with Crippen molar-refractivity contribution in [1.82, 2.24) is 10.2 Å². The number of hydrogen-bond acceptors (Lipinski definition) is 3. The fraction of sp³-hybridized carbons (Fsp3) is 0.200. The van der Waals surface area contributed by atoms with Crippen LogP contribution in [-0.4, -0.2) is 36.4 Å². The maximum atomic E-state index is 13.3. The summed E-state index contributed by atoms with van der Waals surface area (Å²) in [5.41, 5.74) is 1.67. The van der Waals surface area contributed by atoms with Crippen LogP contribution in [0.15, 0.2) is 72.8 Å². The monoisotopic (exact) mass is 504 g/mol. The third-order valence-corrected chi connectivity index (χ3v) is 6.02. The first kappa shape index (κ1) is 24.9. The Morgan fingerprint density at radius 2 is 1.61 bits per heavy atom. The van der Waals surface area contributed by atoms with Crippen molar-refractivity contribution < 1.29 is 14.3 Å². The van der Waals surface area contributed by atoms with E-state index in [9.17, 15) is 9.59 Å². The Bertz CT molecular complexity index is 1090. The zero-order valence-electron chi connectivity index (χ0n) is 17.9. The van der Waals surface area contributed by atoms with E-state index in [0.717, 1.165) is 11.1 Å². The summed E-state index contributed by atoms with van der Waals surface area (Å²) in [6.45, 7) is -0.0874. The van der Waals surface area contributed by atoms with Gasteiger partial charge in [0.2, 0.25) is 5.91 Å². The Hall–Kier alpha value is -2.73. The summed E-state index contributed by atoms with van der Waals surface area (Å²) in [7, 11) is 1.55. The van der Waals surface area contributed by atoms with Crippen LogP contribution in [0.25, 0.3) is 0 Å². The molecule has 1 atom stereocenters. The number of benzene rings is 3. The van der Waals surface area contributed by atoms with Crippen molar-refractivity contribution in [2.75, 3.05) is 13.7 Å². The van der Waals surface area contributed by atoms with Crippen molar-refractivity contribution in [3.8, 4) is 5.75 Å². The van der Waals surface area contributed by atoms with Gasteiger partial charge < -0.3 is 15.0 Å².